The fourth-order valence-electron chi connectivity index (χ4n) is 1.91. The standard InChI is InChI=1S/C15H15ClFNO/c1-10-5-2-3-8-13(10)18-9-14(19)15-11(16)6-4-7-12(15)17/h2-8,14,18-19H,9H2,1H3. The Balaban J connectivity index is 2.10. The molecule has 2 N–H and O–H groups in total. The molecule has 0 aromatic heterocycles. The number of aliphatic hydroxyl groups excluding tert-OH is 1. The largest absolute Gasteiger partial charge is 0.386 e. The van der Waals surface area contributed by atoms with Gasteiger partial charge in [0.05, 0.1) is 0 Å². The molecule has 0 saturated heterocycles. The van der Waals surface area contributed by atoms with Gasteiger partial charge in [-0.15, -0.1) is 0 Å². The van der Waals surface area contributed by atoms with Crippen LogP contribution in [0.4, 0.5) is 10.1 Å². The summed E-state index contributed by atoms with van der Waals surface area (Å²) in [5.74, 6) is -0.494. The highest BCUT2D eigenvalue weighted by Crippen LogP contribution is 2.26. The lowest BCUT2D eigenvalue weighted by Gasteiger charge is -2.16. The summed E-state index contributed by atoms with van der Waals surface area (Å²) in [4.78, 5) is 0. The summed E-state index contributed by atoms with van der Waals surface area (Å²) in [5.41, 5.74) is 2.11. The molecule has 1 atom stereocenters. The lowest BCUT2D eigenvalue weighted by molar-refractivity contribution is 0.187. The van der Waals surface area contributed by atoms with Gasteiger partial charge < -0.3 is 10.4 Å². The maximum atomic E-state index is 13.6. The minimum absolute atomic E-state index is 0.130. The van der Waals surface area contributed by atoms with Crippen molar-refractivity contribution in [2.75, 3.05) is 11.9 Å². The van der Waals surface area contributed by atoms with Crippen molar-refractivity contribution >= 4 is 17.3 Å². The van der Waals surface area contributed by atoms with Crippen LogP contribution in [0.2, 0.25) is 5.02 Å². The molecular weight excluding hydrogens is 265 g/mol. The van der Waals surface area contributed by atoms with Gasteiger partial charge in [0, 0.05) is 22.8 Å². The fraction of sp³-hybridized carbons (Fsp3) is 0.200. The lowest BCUT2D eigenvalue weighted by atomic mass is 10.1. The Morgan fingerprint density at radius 3 is 2.63 bits per heavy atom. The van der Waals surface area contributed by atoms with E-state index in [0.29, 0.717) is 0 Å². The number of hydrogen-bond donors (Lipinski definition) is 2. The van der Waals surface area contributed by atoms with Gasteiger partial charge in [0.2, 0.25) is 0 Å². The Hall–Kier alpha value is -1.58. The molecule has 100 valence electrons. The van der Waals surface area contributed by atoms with Crippen LogP contribution in [0.25, 0.3) is 0 Å². The van der Waals surface area contributed by atoms with Crippen molar-refractivity contribution in [3.63, 3.8) is 0 Å². The number of hydrogen-bond acceptors (Lipinski definition) is 2. The van der Waals surface area contributed by atoms with Crippen molar-refractivity contribution in [2.45, 2.75) is 13.0 Å². The van der Waals surface area contributed by atoms with Crippen LogP contribution in [0.5, 0.6) is 0 Å². The number of benzene rings is 2. The Kier molecular flexibility index (Phi) is 4.40. The summed E-state index contributed by atoms with van der Waals surface area (Å²) in [6.45, 7) is 2.16. The van der Waals surface area contributed by atoms with Crippen molar-refractivity contribution in [3.8, 4) is 0 Å². The van der Waals surface area contributed by atoms with Gasteiger partial charge in [-0.3, -0.25) is 0 Å². The highest BCUT2D eigenvalue weighted by Gasteiger charge is 2.16. The minimum atomic E-state index is -0.992. The van der Waals surface area contributed by atoms with Gasteiger partial charge in [-0.1, -0.05) is 35.9 Å². The molecule has 1 unspecified atom stereocenters. The average molecular weight is 280 g/mol. The van der Waals surface area contributed by atoms with E-state index >= 15 is 0 Å². The molecule has 0 heterocycles. The van der Waals surface area contributed by atoms with Gasteiger partial charge in [0.15, 0.2) is 0 Å². The zero-order valence-corrected chi connectivity index (χ0v) is 11.3. The molecule has 2 aromatic rings. The van der Waals surface area contributed by atoms with Crippen molar-refractivity contribution in [1.29, 1.82) is 0 Å². The molecule has 2 nitrogen and oxygen atoms in total. The van der Waals surface area contributed by atoms with Gasteiger partial charge in [-0.25, -0.2) is 4.39 Å². The summed E-state index contributed by atoms with van der Waals surface area (Å²) in [5, 5.41) is 13.4. The summed E-state index contributed by atoms with van der Waals surface area (Å²) < 4.78 is 13.6. The van der Waals surface area contributed by atoms with E-state index in [2.05, 4.69) is 5.32 Å². The first-order chi connectivity index (χ1) is 9.09. The van der Waals surface area contributed by atoms with Crippen LogP contribution in [-0.4, -0.2) is 11.7 Å². The molecular formula is C15H15ClFNO. The second-order valence-corrected chi connectivity index (χ2v) is 4.75. The van der Waals surface area contributed by atoms with E-state index in [1.807, 2.05) is 31.2 Å². The first kappa shape index (κ1) is 13.8. The number of aliphatic hydroxyl groups is 1. The highest BCUT2D eigenvalue weighted by molar-refractivity contribution is 6.31. The smallest absolute Gasteiger partial charge is 0.130 e. The first-order valence-electron chi connectivity index (χ1n) is 6.01. The second-order valence-electron chi connectivity index (χ2n) is 4.35. The van der Waals surface area contributed by atoms with E-state index in [0.717, 1.165) is 11.3 Å². The van der Waals surface area contributed by atoms with Crippen LogP contribution in [0.3, 0.4) is 0 Å². The number of para-hydroxylation sites is 1. The maximum Gasteiger partial charge on any atom is 0.130 e. The van der Waals surface area contributed by atoms with Gasteiger partial charge in [-0.2, -0.15) is 0 Å². The maximum absolute atomic E-state index is 13.6. The van der Waals surface area contributed by atoms with Gasteiger partial charge >= 0.3 is 0 Å². The van der Waals surface area contributed by atoms with E-state index in [9.17, 15) is 9.50 Å². The van der Waals surface area contributed by atoms with Crippen LogP contribution >= 0.6 is 11.6 Å². The number of anilines is 1. The highest BCUT2D eigenvalue weighted by atomic mass is 35.5. The van der Waals surface area contributed by atoms with E-state index in [4.69, 9.17) is 11.6 Å². The van der Waals surface area contributed by atoms with Gasteiger partial charge in [0.1, 0.15) is 11.9 Å². The molecule has 0 amide bonds. The lowest BCUT2D eigenvalue weighted by Crippen LogP contribution is -2.14. The number of rotatable bonds is 4. The van der Waals surface area contributed by atoms with Crippen molar-refractivity contribution < 1.29 is 9.50 Å². The van der Waals surface area contributed by atoms with Crippen LogP contribution in [0.15, 0.2) is 42.5 Å². The Labute approximate surface area is 116 Å². The summed E-state index contributed by atoms with van der Waals surface area (Å²) in [6, 6.07) is 12.1. The summed E-state index contributed by atoms with van der Waals surface area (Å²) >= 11 is 5.91. The van der Waals surface area contributed by atoms with E-state index in [1.165, 1.54) is 12.1 Å². The van der Waals surface area contributed by atoms with E-state index in [1.54, 1.807) is 6.07 Å². The predicted molar refractivity (Wildman–Crippen MR) is 76.0 cm³/mol. The monoisotopic (exact) mass is 279 g/mol. The minimum Gasteiger partial charge on any atom is -0.386 e. The normalized spacial score (nSPS) is 12.2. The number of halogens is 2. The average Bonchev–Trinajstić information content (AvgIpc) is 2.37. The molecule has 0 aliphatic rings. The van der Waals surface area contributed by atoms with E-state index < -0.39 is 11.9 Å². The molecule has 0 fully saturated rings. The molecule has 0 aliphatic carbocycles. The zero-order valence-electron chi connectivity index (χ0n) is 10.5. The van der Waals surface area contributed by atoms with Gasteiger partial charge in [-0.05, 0) is 30.7 Å². The Bertz CT molecular complexity index is 554. The third kappa shape index (κ3) is 3.25. The van der Waals surface area contributed by atoms with Crippen molar-refractivity contribution in [3.05, 3.63) is 64.4 Å². The van der Waals surface area contributed by atoms with Crippen molar-refractivity contribution in [2.24, 2.45) is 0 Å². The molecule has 0 radical (unpaired) electrons. The zero-order chi connectivity index (χ0) is 13.8. The molecule has 2 rings (SSSR count). The van der Waals surface area contributed by atoms with Crippen molar-refractivity contribution in [1.82, 2.24) is 0 Å². The SMILES string of the molecule is Cc1ccccc1NCC(O)c1c(F)cccc1Cl. The predicted octanol–water partition coefficient (Wildman–Crippen LogP) is 3.93. The molecule has 0 bridgehead atoms. The van der Waals surface area contributed by atoms with Crippen LogP contribution < -0.4 is 5.32 Å². The van der Waals surface area contributed by atoms with Crippen LogP contribution in [0, 0.1) is 12.7 Å². The quantitative estimate of drug-likeness (QED) is 0.889. The third-order valence-corrected chi connectivity index (χ3v) is 3.29. The van der Waals surface area contributed by atoms with Crippen LogP contribution in [-0.2, 0) is 0 Å². The Morgan fingerprint density at radius 2 is 1.95 bits per heavy atom. The summed E-state index contributed by atoms with van der Waals surface area (Å²) in [6.07, 6.45) is -0.992. The Morgan fingerprint density at radius 1 is 1.21 bits per heavy atom. The van der Waals surface area contributed by atoms with Gasteiger partial charge in [0.25, 0.3) is 0 Å². The topological polar surface area (TPSA) is 32.3 Å². The molecule has 0 spiro atoms. The molecule has 0 saturated carbocycles. The molecule has 19 heavy (non-hydrogen) atoms. The first-order valence-corrected chi connectivity index (χ1v) is 6.39. The third-order valence-electron chi connectivity index (χ3n) is 2.96. The molecule has 2 aromatic carbocycles. The molecule has 0 aliphatic heterocycles. The second kappa shape index (κ2) is 6.04. The van der Waals surface area contributed by atoms with E-state index in [-0.39, 0.29) is 17.1 Å². The number of aryl methyl sites for hydroxylation is 1. The van der Waals surface area contributed by atoms with Crippen LogP contribution in [0.1, 0.15) is 17.2 Å². The number of nitrogens with one attached hydrogen (secondary N) is 1. The molecule has 4 heteroatoms. The summed E-state index contributed by atoms with van der Waals surface area (Å²) in [7, 11) is 0. The fourth-order valence-corrected chi connectivity index (χ4v) is 2.20.